The number of ether oxygens (including phenoxy) is 3. The van der Waals surface area contributed by atoms with E-state index >= 15 is 0 Å². The molecule has 0 N–H and O–H groups in total. The molecule has 0 radical (unpaired) electrons. The summed E-state index contributed by atoms with van der Waals surface area (Å²) in [5.74, 6) is 3.34. The second-order valence-electron chi connectivity index (χ2n) is 10.7. The van der Waals surface area contributed by atoms with Crippen LogP contribution < -0.4 is 9.47 Å². The normalized spacial score (nSPS) is 19.5. The molecular formula is C31H46N2O3. The van der Waals surface area contributed by atoms with Crippen LogP contribution in [0.15, 0.2) is 36.7 Å². The van der Waals surface area contributed by atoms with E-state index in [1.807, 2.05) is 24.3 Å². The zero-order valence-corrected chi connectivity index (χ0v) is 22.3. The second-order valence-corrected chi connectivity index (χ2v) is 10.7. The summed E-state index contributed by atoms with van der Waals surface area (Å²) in [4.78, 5) is 8.99. The Hall–Kier alpha value is -2.14. The smallest absolute Gasteiger partial charge is 0.159 e. The quantitative estimate of drug-likeness (QED) is 0.154. The highest BCUT2D eigenvalue weighted by molar-refractivity contribution is 5.56. The van der Waals surface area contributed by atoms with Crippen LogP contribution in [0.25, 0.3) is 11.4 Å². The molecule has 2 aliphatic rings. The maximum Gasteiger partial charge on any atom is 0.159 e. The molecule has 0 bridgehead atoms. The molecule has 5 nitrogen and oxygen atoms in total. The highest BCUT2D eigenvalue weighted by Gasteiger charge is 2.38. The van der Waals surface area contributed by atoms with E-state index < -0.39 is 0 Å². The fourth-order valence-corrected chi connectivity index (χ4v) is 5.32. The average Bonchev–Trinajstić information content (AvgIpc) is 3.46. The van der Waals surface area contributed by atoms with Gasteiger partial charge in [0.15, 0.2) is 11.6 Å². The molecule has 5 heteroatoms. The van der Waals surface area contributed by atoms with Gasteiger partial charge in [-0.25, -0.2) is 9.97 Å². The Morgan fingerprint density at radius 3 is 2.22 bits per heavy atom. The molecule has 4 rings (SSSR count). The lowest BCUT2D eigenvalue weighted by Crippen LogP contribution is -2.07. The van der Waals surface area contributed by atoms with E-state index in [4.69, 9.17) is 14.2 Å². The van der Waals surface area contributed by atoms with Crippen molar-refractivity contribution >= 4 is 0 Å². The number of epoxide rings is 1. The van der Waals surface area contributed by atoms with Gasteiger partial charge in [-0.05, 0) is 43.0 Å². The molecule has 1 saturated carbocycles. The molecule has 2 unspecified atom stereocenters. The minimum atomic E-state index is 0.253. The van der Waals surface area contributed by atoms with E-state index in [0.29, 0.717) is 18.5 Å². The SMILES string of the molecule is CCCCCCC1OC1COc1ccc(-c2ncc(OCCCCCCCC3CCCC3)cn2)cc1. The van der Waals surface area contributed by atoms with Gasteiger partial charge in [0.2, 0.25) is 0 Å². The Morgan fingerprint density at radius 1 is 0.750 bits per heavy atom. The number of nitrogens with zero attached hydrogens (tertiary/aromatic N) is 2. The molecule has 1 aromatic heterocycles. The highest BCUT2D eigenvalue weighted by Crippen LogP contribution is 2.30. The van der Waals surface area contributed by atoms with Crippen LogP contribution in [-0.4, -0.2) is 35.4 Å². The third-order valence-electron chi connectivity index (χ3n) is 7.68. The molecule has 2 atom stereocenters. The van der Waals surface area contributed by atoms with Gasteiger partial charge in [0.05, 0.1) is 25.1 Å². The summed E-state index contributed by atoms with van der Waals surface area (Å²) in [5, 5.41) is 0. The molecule has 0 amide bonds. The van der Waals surface area contributed by atoms with Crippen molar-refractivity contribution in [2.45, 2.75) is 115 Å². The summed E-state index contributed by atoms with van der Waals surface area (Å²) in [6.07, 6.45) is 24.3. The van der Waals surface area contributed by atoms with Crippen LogP contribution in [0.5, 0.6) is 11.5 Å². The first-order chi connectivity index (χ1) is 17.8. The van der Waals surface area contributed by atoms with Crippen LogP contribution in [-0.2, 0) is 4.74 Å². The van der Waals surface area contributed by atoms with Crippen molar-refractivity contribution in [1.29, 1.82) is 0 Å². The third kappa shape index (κ3) is 9.38. The summed E-state index contributed by atoms with van der Waals surface area (Å²) in [6, 6.07) is 7.98. The monoisotopic (exact) mass is 494 g/mol. The number of benzene rings is 1. The molecule has 1 saturated heterocycles. The van der Waals surface area contributed by atoms with E-state index in [1.165, 1.54) is 83.5 Å². The van der Waals surface area contributed by atoms with E-state index in [0.717, 1.165) is 42.4 Å². The van der Waals surface area contributed by atoms with Gasteiger partial charge in [-0.3, -0.25) is 0 Å². The Balaban J connectivity index is 1.06. The number of aromatic nitrogens is 2. The topological polar surface area (TPSA) is 56.8 Å². The maximum atomic E-state index is 5.92. The third-order valence-corrected chi connectivity index (χ3v) is 7.68. The second kappa shape index (κ2) is 15.2. The zero-order valence-electron chi connectivity index (χ0n) is 22.3. The van der Waals surface area contributed by atoms with Crippen LogP contribution in [0.4, 0.5) is 0 Å². The van der Waals surface area contributed by atoms with Crippen LogP contribution in [0, 0.1) is 5.92 Å². The molecule has 0 spiro atoms. The Labute approximate surface area is 218 Å². The molecule has 2 heterocycles. The highest BCUT2D eigenvalue weighted by atomic mass is 16.6. The van der Waals surface area contributed by atoms with Crippen molar-refractivity contribution in [2.24, 2.45) is 5.92 Å². The molecule has 1 aliphatic heterocycles. The minimum absolute atomic E-state index is 0.253. The minimum Gasteiger partial charge on any atom is -0.491 e. The number of rotatable bonds is 18. The van der Waals surface area contributed by atoms with E-state index in [-0.39, 0.29) is 6.10 Å². The standard InChI is InChI=1S/C31H46N2O3/c1-2-3-4-9-16-29-30(36-29)24-35-27-19-17-26(18-20-27)31-32-22-28(23-33-31)34-21-12-7-5-6-8-13-25-14-10-11-15-25/h17-20,22-23,25,29-30H,2-16,21,24H2,1H3. The van der Waals surface area contributed by atoms with Gasteiger partial charge in [0, 0.05) is 5.56 Å². The first-order valence-corrected chi connectivity index (χ1v) is 14.7. The number of hydrogen-bond donors (Lipinski definition) is 0. The van der Waals surface area contributed by atoms with Gasteiger partial charge in [0.1, 0.15) is 18.5 Å². The fraction of sp³-hybridized carbons (Fsp3) is 0.677. The largest absolute Gasteiger partial charge is 0.491 e. The fourth-order valence-electron chi connectivity index (χ4n) is 5.32. The number of unbranched alkanes of at least 4 members (excludes halogenated alkanes) is 7. The summed E-state index contributed by atoms with van der Waals surface area (Å²) in [6.45, 7) is 3.61. The van der Waals surface area contributed by atoms with Crippen molar-refractivity contribution in [1.82, 2.24) is 9.97 Å². The lowest BCUT2D eigenvalue weighted by Gasteiger charge is -2.09. The zero-order chi connectivity index (χ0) is 24.8. The average molecular weight is 495 g/mol. The predicted molar refractivity (Wildman–Crippen MR) is 146 cm³/mol. The molecule has 2 fully saturated rings. The van der Waals surface area contributed by atoms with Crippen molar-refractivity contribution in [3.05, 3.63) is 36.7 Å². The van der Waals surface area contributed by atoms with Crippen molar-refractivity contribution in [2.75, 3.05) is 13.2 Å². The van der Waals surface area contributed by atoms with Crippen molar-refractivity contribution in [3.8, 4) is 22.9 Å². The molecule has 198 valence electrons. The Morgan fingerprint density at radius 2 is 1.44 bits per heavy atom. The summed E-state index contributed by atoms with van der Waals surface area (Å²) < 4.78 is 17.5. The Kier molecular flexibility index (Phi) is 11.4. The van der Waals surface area contributed by atoms with Gasteiger partial charge in [0.25, 0.3) is 0 Å². The maximum absolute atomic E-state index is 5.92. The Bertz CT molecular complexity index is 849. The van der Waals surface area contributed by atoms with E-state index in [9.17, 15) is 0 Å². The van der Waals surface area contributed by atoms with Gasteiger partial charge in [-0.15, -0.1) is 0 Å². The summed E-state index contributed by atoms with van der Waals surface area (Å²) >= 11 is 0. The van der Waals surface area contributed by atoms with Crippen LogP contribution in [0.2, 0.25) is 0 Å². The van der Waals surface area contributed by atoms with E-state index in [1.54, 1.807) is 12.4 Å². The summed E-state index contributed by atoms with van der Waals surface area (Å²) in [5.41, 5.74) is 0.975. The van der Waals surface area contributed by atoms with Gasteiger partial charge in [-0.1, -0.05) is 90.4 Å². The van der Waals surface area contributed by atoms with Gasteiger partial charge in [-0.2, -0.15) is 0 Å². The van der Waals surface area contributed by atoms with Crippen molar-refractivity contribution in [3.63, 3.8) is 0 Å². The van der Waals surface area contributed by atoms with Gasteiger partial charge >= 0.3 is 0 Å². The van der Waals surface area contributed by atoms with E-state index in [2.05, 4.69) is 16.9 Å². The molecule has 36 heavy (non-hydrogen) atoms. The lowest BCUT2D eigenvalue weighted by atomic mass is 9.99. The molecule has 2 aromatic rings. The van der Waals surface area contributed by atoms with Gasteiger partial charge < -0.3 is 14.2 Å². The summed E-state index contributed by atoms with van der Waals surface area (Å²) in [7, 11) is 0. The van der Waals surface area contributed by atoms with Crippen LogP contribution >= 0.6 is 0 Å². The van der Waals surface area contributed by atoms with Crippen molar-refractivity contribution < 1.29 is 14.2 Å². The number of hydrogen-bond acceptors (Lipinski definition) is 5. The first-order valence-electron chi connectivity index (χ1n) is 14.7. The predicted octanol–water partition coefficient (Wildman–Crippen LogP) is 8.17. The van der Waals surface area contributed by atoms with Crippen LogP contribution in [0.1, 0.15) is 103 Å². The molecule has 1 aliphatic carbocycles. The van der Waals surface area contributed by atoms with Crippen LogP contribution in [0.3, 0.4) is 0 Å². The lowest BCUT2D eigenvalue weighted by molar-refractivity contribution is 0.259. The molecular weight excluding hydrogens is 448 g/mol. The molecule has 1 aromatic carbocycles. The first kappa shape index (κ1) is 26.9.